The molecule has 1 rings (SSSR count). The van der Waals surface area contributed by atoms with E-state index >= 15 is 0 Å². The lowest BCUT2D eigenvalue weighted by Gasteiger charge is -2.29. The van der Waals surface area contributed by atoms with Crippen molar-refractivity contribution in [3.8, 4) is 0 Å². The third-order valence-corrected chi connectivity index (χ3v) is 2.75. The summed E-state index contributed by atoms with van der Waals surface area (Å²) in [4.78, 5) is 12.8. The van der Waals surface area contributed by atoms with E-state index < -0.39 is 0 Å². The summed E-state index contributed by atoms with van der Waals surface area (Å²) in [6, 6.07) is 0. The van der Waals surface area contributed by atoms with Crippen LogP contribution in [-0.4, -0.2) is 44.0 Å². The number of rotatable bonds is 5. The van der Waals surface area contributed by atoms with Crippen molar-refractivity contribution in [2.24, 2.45) is 11.7 Å². The van der Waals surface area contributed by atoms with E-state index in [0.29, 0.717) is 6.54 Å². The standard InChI is InChI=1S/C10H21N3O/c1-13-6-2-3-9(8-13)4-5-12-7-10(11)14/h9,12H,2-8H2,1H3,(H2,11,14). The molecule has 1 aliphatic heterocycles. The fraction of sp³-hybridized carbons (Fsp3) is 0.900. The maximum atomic E-state index is 10.5. The van der Waals surface area contributed by atoms with Gasteiger partial charge >= 0.3 is 0 Å². The zero-order valence-electron chi connectivity index (χ0n) is 8.96. The summed E-state index contributed by atoms with van der Waals surface area (Å²) < 4.78 is 0. The number of nitrogens with two attached hydrogens (primary N) is 1. The van der Waals surface area contributed by atoms with Crippen LogP contribution >= 0.6 is 0 Å². The predicted octanol–water partition coefficient (Wildman–Crippen LogP) is -0.207. The van der Waals surface area contributed by atoms with Gasteiger partial charge in [0.25, 0.3) is 0 Å². The lowest BCUT2D eigenvalue weighted by atomic mass is 9.95. The molecular weight excluding hydrogens is 178 g/mol. The van der Waals surface area contributed by atoms with Gasteiger partial charge in [0.2, 0.25) is 5.91 Å². The second-order valence-electron chi connectivity index (χ2n) is 4.20. The molecule has 1 saturated heterocycles. The smallest absolute Gasteiger partial charge is 0.231 e. The summed E-state index contributed by atoms with van der Waals surface area (Å²) in [7, 11) is 2.17. The number of hydrogen-bond acceptors (Lipinski definition) is 3. The van der Waals surface area contributed by atoms with Crippen molar-refractivity contribution in [1.82, 2.24) is 10.2 Å². The van der Waals surface area contributed by atoms with Gasteiger partial charge in [-0.3, -0.25) is 4.79 Å². The normalized spacial score (nSPS) is 23.6. The molecule has 4 nitrogen and oxygen atoms in total. The van der Waals surface area contributed by atoms with Gasteiger partial charge in [-0.25, -0.2) is 0 Å². The molecule has 0 aromatic carbocycles. The fourth-order valence-corrected chi connectivity index (χ4v) is 2.03. The Labute approximate surface area is 85.8 Å². The lowest BCUT2D eigenvalue weighted by molar-refractivity contribution is -0.117. The first-order valence-electron chi connectivity index (χ1n) is 5.36. The molecule has 0 radical (unpaired) electrons. The predicted molar refractivity (Wildman–Crippen MR) is 56.9 cm³/mol. The molecule has 82 valence electrons. The summed E-state index contributed by atoms with van der Waals surface area (Å²) in [5, 5.41) is 3.05. The molecule has 1 atom stereocenters. The molecular formula is C10H21N3O. The average molecular weight is 199 g/mol. The second kappa shape index (κ2) is 5.98. The number of nitrogens with zero attached hydrogens (tertiary/aromatic N) is 1. The second-order valence-corrected chi connectivity index (χ2v) is 4.20. The van der Waals surface area contributed by atoms with Crippen LogP contribution < -0.4 is 11.1 Å². The van der Waals surface area contributed by atoms with Crippen LogP contribution in [0.15, 0.2) is 0 Å². The zero-order chi connectivity index (χ0) is 10.4. The van der Waals surface area contributed by atoms with Crippen LogP contribution in [0.2, 0.25) is 0 Å². The molecule has 4 heteroatoms. The molecule has 1 amide bonds. The van der Waals surface area contributed by atoms with Crippen molar-refractivity contribution in [3.05, 3.63) is 0 Å². The molecule has 1 heterocycles. The van der Waals surface area contributed by atoms with Crippen molar-refractivity contribution in [3.63, 3.8) is 0 Å². The van der Waals surface area contributed by atoms with E-state index in [-0.39, 0.29) is 5.91 Å². The summed E-state index contributed by atoms with van der Waals surface area (Å²) in [5.74, 6) is 0.514. The number of piperidine rings is 1. The maximum Gasteiger partial charge on any atom is 0.231 e. The Kier molecular flexibility index (Phi) is 4.90. The number of carbonyl (C=O) groups excluding carboxylic acids is 1. The molecule has 14 heavy (non-hydrogen) atoms. The van der Waals surface area contributed by atoms with Gasteiger partial charge in [-0.2, -0.15) is 0 Å². The van der Waals surface area contributed by atoms with Gasteiger partial charge in [0.15, 0.2) is 0 Å². The number of hydrogen-bond donors (Lipinski definition) is 2. The van der Waals surface area contributed by atoms with Crippen LogP contribution in [0.1, 0.15) is 19.3 Å². The number of primary amides is 1. The Morgan fingerprint density at radius 3 is 3.07 bits per heavy atom. The molecule has 0 spiro atoms. The number of carbonyl (C=O) groups is 1. The fourth-order valence-electron chi connectivity index (χ4n) is 2.03. The Bertz CT molecular complexity index is 184. The monoisotopic (exact) mass is 199 g/mol. The van der Waals surface area contributed by atoms with Gasteiger partial charge < -0.3 is 16.0 Å². The first-order chi connectivity index (χ1) is 6.68. The Morgan fingerprint density at radius 1 is 1.64 bits per heavy atom. The average Bonchev–Trinajstić information content (AvgIpc) is 2.12. The highest BCUT2D eigenvalue weighted by molar-refractivity contribution is 5.75. The Morgan fingerprint density at radius 2 is 2.43 bits per heavy atom. The van der Waals surface area contributed by atoms with Gasteiger partial charge in [-0.1, -0.05) is 0 Å². The van der Waals surface area contributed by atoms with E-state index in [4.69, 9.17) is 5.73 Å². The lowest BCUT2D eigenvalue weighted by Crippen LogP contribution is -2.35. The van der Waals surface area contributed by atoms with Crippen LogP contribution in [0.3, 0.4) is 0 Å². The van der Waals surface area contributed by atoms with Gasteiger partial charge in [0.1, 0.15) is 0 Å². The topological polar surface area (TPSA) is 58.4 Å². The van der Waals surface area contributed by atoms with Crippen molar-refractivity contribution in [1.29, 1.82) is 0 Å². The SMILES string of the molecule is CN1CCCC(CCNCC(N)=O)C1. The largest absolute Gasteiger partial charge is 0.369 e. The number of amides is 1. The molecule has 1 aliphatic rings. The molecule has 1 fully saturated rings. The quantitative estimate of drug-likeness (QED) is 0.603. The van der Waals surface area contributed by atoms with Crippen LogP contribution in [0.25, 0.3) is 0 Å². The summed E-state index contributed by atoms with van der Waals surface area (Å²) in [5.41, 5.74) is 5.02. The van der Waals surface area contributed by atoms with E-state index in [0.717, 1.165) is 18.9 Å². The molecule has 1 unspecified atom stereocenters. The van der Waals surface area contributed by atoms with Crippen molar-refractivity contribution in [2.45, 2.75) is 19.3 Å². The first-order valence-corrected chi connectivity index (χ1v) is 5.36. The molecule has 3 N–H and O–H groups in total. The van der Waals surface area contributed by atoms with Crippen molar-refractivity contribution < 1.29 is 4.79 Å². The van der Waals surface area contributed by atoms with Gasteiger partial charge in [0.05, 0.1) is 6.54 Å². The van der Waals surface area contributed by atoms with E-state index in [1.807, 2.05) is 0 Å². The Hall–Kier alpha value is -0.610. The Balaban J connectivity index is 2.03. The maximum absolute atomic E-state index is 10.5. The highest BCUT2D eigenvalue weighted by Crippen LogP contribution is 2.17. The van der Waals surface area contributed by atoms with E-state index in [1.165, 1.54) is 25.9 Å². The third kappa shape index (κ3) is 4.58. The van der Waals surface area contributed by atoms with Crippen LogP contribution in [0.4, 0.5) is 0 Å². The summed E-state index contributed by atoms with van der Waals surface area (Å²) >= 11 is 0. The molecule has 0 aliphatic carbocycles. The van der Waals surface area contributed by atoms with Crippen molar-refractivity contribution >= 4 is 5.91 Å². The molecule has 0 bridgehead atoms. The zero-order valence-corrected chi connectivity index (χ0v) is 8.96. The van der Waals surface area contributed by atoms with Gasteiger partial charge in [-0.15, -0.1) is 0 Å². The van der Waals surface area contributed by atoms with Crippen molar-refractivity contribution in [2.75, 3.05) is 33.2 Å². The molecule has 0 aromatic rings. The van der Waals surface area contributed by atoms with Gasteiger partial charge in [0, 0.05) is 6.54 Å². The minimum absolute atomic E-state index is 0.272. The van der Waals surface area contributed by atoms with E-state index in [9.17, 15) is 4.79 Å². The van der Waals surface area contributed by atoms with Crippen LogP contribution in [0, 0.1) is 5.92 Å². The number of likely N-dealkylation sites (tertiary alicyclic amines) is 1. The van der Waals surface area contributed by atoms with Crippen LogP contribution in [0.5, 0.6) is 0 Å². The van der Waals surface area contributed by atoms with E-state index in [1.54, 1.807) is 0 Å². The van der Waals surface area contributed by atoms with E-state index in [2.05, 4.69) is 17.3 Å². The molecule has 0 aromatic heterocycles. The highest BCUT2D eigenvalue weighted by Gasteiger charge is 2.16. The van der Waals surface area contributed by atoms with Crippen LogP contribution in [-0.2, 0) is 4.79 Å². The number of nitrogens with one attached hydrogen (secondary N) is 1. The van der Waals surface area contributed by atoms with Gasteiger partial charge in [-0.05, 0) is 45.3 Å². The minimum atomic E-state index is -0.272. The first kappa shape index (κ1) is 11.5. The minimum Gasteiger partial charge on any atom is -0.369 e. The third-order valence-electron chi connectivity index (χ3n) is 2.75. The molecule has 0 saturated carbocycles. The highest BCUT2D eigenvalue weighted by atomic mass is 16.1. The summed E-state index contributed by atoms with van der Waals surface area (Å²) in [6.45, 7) is 3.63. The summed E-state index contributed by atoms with van der Waals surface area (Å²) in [6.07, 6.45) is 3.77.